The van der Waals surface area contributed by atoms with Crippen LogP contribution in [-0.2, 0) is 0 Å². The maximum Gasteiger partial charge on any atom is 0.116 e. The molecule has 3 unspecified atom stereocenters. The van der Waals surface area contributed by atoms with Gasteiger partial charge in [0, 0.05) is 18.4 Å². The van der Waals surface area contributed by atoms with Crippen molar-refractivity contribution in [1.29, 1.82) is 0 Å². The second kappa shape index (κ2) is 2.59. The Morgan fingerprint density at radius 2 is 2.27 bits per heavy atom. The van der Waals surface area contributed by atoms with Crippen LogP contribution in [0.15, 0.2) is 11.6 Å². The van der Waals surface area contributed by atoms with E-state index in [0.29, 0.717) is 6.42 Å². The first-order valence-corrected chi connectivity index (χ1v) is 4.06. The maximum atomic E-state index is 13.6. The highest BCUT2D eigenvalue weighted by Gasteiger charge is 2.36. The summed E-state index contributed by atoms with van der Waals surface area (Å²) < 4.78 is 13.6. The van der Waals surface area contributed by atoms with E-state index in [4.69, 9.17) is 5.73 Å². The van der Waals surface area contributed by atoms with Gasteiger partial charge in [0.25, 0.3) is 0 Å². The number of halogens is 1. The molecular formula is C9H16FN. The lowest BCUT2D eigenvalue weighted by Crippen LogP contribution is -2.40. The molecule has 1 rings (SSSR count). The van der Waals surface area contributed by atoms with Gasteiger partial charge in [-0.3, -0.25) is 0 Å². The molecule has 1 nitrogen and oxygen atoms in total. The summed E-state index contributed by atoms with van der Waals surface area (Å²) in [5, 5.41) is 0. The van der Waals surface area contributed by atoms with E-state index in [9.17, 15) is 4.39 Å². The lowest BCUT2D eigenvalue weighted by Gasteiger charge is -2.34. The van der Waals surface area contributed by atoms with E-state index in [1.807, 2.05) is 19.9 Å². The molecule has 0 saturated heterocycles. The summed E-state index contributed by atoms with van der Waals surface area (Å²) in [4.78, 5) is 0. The molecule has 0 fully saturated rings. The minimum absolute atomic E-state index is 0.0160. The van der Waals surface area contributed by atoms with Crippen LogP contribution in [0, 0.1) is 5.92 Å². The van der Waals surface area contributed by atoms with Crippen molar-refractivity contribution in [3.05, 3.63) is 11.6 Å². The summed E-state index contributed by atoms with van der Waals surface area (Å²) in [6, 6.07) is -0.0961. The van der Waals surface area contributed by atoms with Crippen molar-refractivity contribution in [2.24, 2.45) is 11.7 Å². The first-order chi connectivity index (χ1) is 4.93. The summed E-state index contributed by atoms with van der Waals surface area (Å²) >= 11 is 0. The molecule has 0 amide bonds. The van der Waals surface area contributed by atoms with Gasteiger partial charge >= 0.3 is 0 Å². The number of allylic oxidation sites excluding steroid dienone is 1. The van der Waals surface area contributed by atoms with Crippen molar-refractivity contribution in [2.75, 3.05) is 0 Å². The van der Waals surface area contributed by atoms with Crippen LogP contribution in [0.5, 0.6) is 0 Å². The number of nitrogens with two attached hydrogens (primary N) is 1. The van der Waals surface area contributed by atoms with Crippen molar-refractivity contribution < 1.29 is 4.39 Å². The summed E-state index contributed by atoms with van der Waals surface area (Å²) in [6.45, 7) is 5.49. The zero-order valence-corrected chi connectivity index (χ0v) is 7.39. The molecule has 0 heterocycles. The fourth-order valence-corrected chi connectivity index (χ4v) is 1.65. The van der Waals surface area contributed by atoms with Crippen LogP contribution in [0.1, 0.15) is 27.2 Å². The maximum absolute atomic E-state index is 13.6. The van der Waals surface area contributed by atoms with Gasteiger partial charge in [0.15, 0.2) is 0 Å². The third-order valence-electron chi connectivity index (χ3n) is 2.70. The Morgan fingerprint density at radius 1 is 1.73 bits per heavy atom. The third-order valence-corrected chi connectivity index (χ3v) is 2.70. The molecule has 1 aliphatic carbocycles. The lowest BCUT2D eigenvalue weighted by atomic mass is 9.77. The Bertz CT molecular complexity index is 184. The van der Waals surface area contributed by atoms with Gasteiger partial charge in [0.1, 0.15) is 5.67 Å². The van der Waals surface area contributed by atoms with Crippen LogP contribution < -0.4 is 5.73 Å². The van der Waals surface area contributed by atoms with Crippen LogP contribution in [0.25, 0.3) is 0 Å². The fraction of sp³-hybridized carbons (Fsp3) is 0.778. The zero-order valence-electron chi connectivity index (χ0n) is 7.39. The van der Waals surface area contributed by atoms with Crippen molar-refractivity contribution >= 4 is 0 Å². The zero-order chi connectivity index (χ0) is 8.65. The van der Waals surface area contributed by atoms with E-state index in [-0.39, 0.29) is 12.0 Å². The van der Waals surface area contributed by atoms with Gasteiger partial charge < -0.3 is 5.73 Å². The molecule has 3 atom stereocenters. The average Bonchev–Trinajstić information content (AvgIpc) is 1.81. The third kappa shape index (κ3) is 1.62. The summed E-state index contributed by atoms with van der Waals surface area (Å²) in [5.74, 6) is 0.0160. The van der Waals surface area contributed by atoms with Gasteiger partial charge in [-0.25, -0.2) is 4.39 Å². The summed E-state index contributed by atoms with van der Waals surface area (Å²) in [5.41, 5.74) is 5.61. The minimum atomic E-state index is -1.11. The van der Waals surface area contributed by atoms with Gasteiger partial charge in [-0.05, 0) is 13.8 Å². The first kappa shape index (κ1) is 8.72. The monoisotopic (exact) mass is 157 g/mol. The Labute approximate surface area is 67.5 Å². The molecule has 0 aromatic rings. The normalized spacial score (nSPS) is 45.4. The van der Waals surface area contributed by atoms with Crippen LogP contribution in [0.4, 0.5) is 4.39 Å². The molecule has 0 radical (unpaired) electrons. The number of hydrogen-bond acceptors (Lipinski definition) is 1. The lowest BCUT2D eigenvalue weighted by molar-refractivity contribution is 0.108. The van der Waals surface area contributed by atoms with E-state index in [2.05, 4.69) is 0 Å². The van der Waals surface area contributed by atoms with E-state index < -0.39 is 5.67 Å². The van der Waals surface area contributed by atoms with Crippen molar-refractivity contribution in [2.45, 2.75) is 38.9 Å². The summed E-state index contributed by atoms with van der Waals surface area (Å²) in [6.07, 6.45) is 2.41. The molecule has 1 aliphatic rings. The number of hydrogen-bond donors (Lipinski definition) is 1. The Kier molecular flexibility index (Phi) is 2.06. The van der Waals surface area contributed by atoms with E-state index in [1.165, 1.54) is 0 Å². The quantitative estimate of drug-likeness (QED) is 0.535. The largest absolute Gasteiger partial charge is 0.324 e. The van der Waals surface area contributed by atoms with Crippen LogP contribution in [0.2, 0.25) is 0 Å². The van der Waals surface area contributed by atoms with Gasteiger partial charge in [0.2, 0.25) is 0 Å². The van der Waals surface area contributed by atoms with E-state index >= 15 is 0 Å². The molecule has 2 heteroatoms. The van der Waals surface area contributed by atoms with Crippen LogP contribution in [-0.4, -0.2) is 11.7 Å². The molecule has 2 N–H and O–H groups in total. The highest BCUT2D eigenvalue weighted by Crippen LogP contribution is 2.35. The molecule has 0 aromatic heterocycles. The Balaban J connectivity index is 2.86. The number of rotatable bonds is 0. The predicted octanol–water partition coefficient (Wildman–Crippen LogP) is 2.03. The van der Waals surface area contributed by atoms with Gasteiger partial charge in [-0.2, -0.15) is 0 Å². The SMILES string of the molecule is CC1=CC(N)CC(C)(F)C1C. The Hall–Kier alpha value is -0.370. The molecule has 0 aromatic carbocycles. The molecule has 0 bridgehead atoms. The topological polar surface area (TPSA) is 26.0 Å². The second-order valence-corrected chi connectivity index (χ2v) is 3.78. The number of alkyl halides is 1. The summed E-state index contributed by atoms with van der Waals surface area (Å²) in [7, 11) is 0. The van der Waals surface area contributed by atoms with Crippen molar-refractivity contribution in [3.8, 4) is 0 Å². The minimum Gasteiger partial charge on any atom is -0.324 e. The van der Waals surface area contributed by atoms with Crippen molar-refractivity contribution in [3.63, 3.8) is 0 Å². The molecule has 0 aliphatic heterocycles. The van der Waals surface area contributed by atoms with Gasteiger partial charge in [-0.15, -0.1) is 0 Å². The smallest absolute Gasteiger partial charge is 0.116 e. The molecule has 0 saturated carbocycles. The second-order valence-electron chi connectivity index (χ2n) is 3.78. The van der Waals surface area contributed by atoms with Gasteiger partial charge in [0.05, 0.1) is 0 Å². The van der Waals surface area contributed by atoms with E-state index in [1.54, 1.807) is 6.92 Å². The predicted molar refractivity (Wildman–Crippen MR) is 45.0 cm³/mol. The molecule has 0 spiro atoms. The highest BCUT2D eigenvalue weighted by molar-refractivity contribution is 5.17. The van der Waals surface area contributed by atoms with E-state index in [0.717, 1.165) is 5.57 Å². The van der Waals surface area contributed by atoms with Crippen LogP contribution in [0.3, 0.4) is 0 Å². The van der Waals surface area contributed by atoms with Gasteiger partial charge in [-0.1, -0.05) is 18.6 Å². The Morgan fingerprint density at radius 3 is 2.73 bits per heavy atom. The molecule has 11 heavy (non-hydrogen) atoms. The first-order valence-electron chi connectivity index (χ1n) is 4.06. The highest BCUT2D eigenvalue weighted by atomic mass is 19.1. The average molecular weight is 157 g/mol. The standard InChI is InChI=1S/C9H16FN/c1-6-4-8(11)5-9(3,10)7(6)2/h4,7-8H,5,11H2,1-3H3. The van der Waals surface area contributed by atoms with Crippen molar-refractivity contribution in [1.82, 2.24) is 0 Å². The molecule has 64 valence electrons. The fourth-order valence-electron chi connectivity index (χ4n) is 1.65. The molecular weight excluding hydrogens is 141 g/mol. The van der Waals surface area contributed by atoms with Crippen LogP contribution >= 0.6 is 0 Å².